The van der Waals surface area contributed by atoms with E-state index < -0.39 is 0 Å². The standard InChI is InChI=1S/C14H18N6/c15-6-3-7-18-8-10-19(11-9-18)12-20-14-5-2-1-4-13(14)16-17-20/h1-2,4-5H,3,7-12H2. The Morgan fingerprint density at radius 2 is 1.85 bits per heavy atom. The Labute approximate surface area is 118 Å². The molecule has 0 aliphatic carbocycles. The number of benzene rings is 1. The number of hydrogen-bond acceptors (Lipinski definition) is 5. The summed E-state index contributed by atoms with van der Waals surface area (Å²) in [5.74, 6) is 0. The van der Waals surface area contributed by atoms with Gasteiger partial charge in [0.2, 0.25) is 0 Å². The van der Waals surface area contributed by atoms with Gasteiger partial charge in [0, 0.05) is 39.1 Å². The van der Waals surface area contributed by atoms with Crippen LogP contribution in [0.4, 0.5) is 0 Å². The third-order valence-corrected chi connectivity index (χ3v) is 3.76. The number of hydrogen-bond donors (Lipinski definition) is 0. The van der Waals surface area contributed by atoms with Crippen molar-refractivity contribution >= 4 is 11.0 Å². The Morgan fingerprint density at radius 3 is 2.65 bits per heavy atom. The van der Waals surface area contributed by atoms with Crippen LogP contribution in [0.25, 0.3) is 11.0 Å². The summed E-state index contributed by atoms with van der Waals surface area (Å²) in [5, 5.41) is 17.0. The summed E-state index contributed by atoms with van der Waals surface area (Å²) < 4.78 is 1.96. The number of piperazine rings is 1. The molecule has 0 N–H and O–H groups in total. The highest BCUT2D eigenvalue weighted by Crippen LogP contribution is 2.11. The average Bonchev–Trinajstić information content (AvgIpc) is 2.90. The lowest BCUT2D eigenvalue weighted by Gasteiger charge is -2.34. The highest BCUT2D eigenvalue weighted by Gasteiger charge is 2.17. The first kappa shape index (κ1) is 13.0. The molecule has 20 heavy (non-hydrogen) atoms. The second-order valence-corrected chi connectivity index (χ2v) is 5.09. The fourth-order valence-corrected chi connectivity index (χ4v) is 2.57. The Morgan fingerprint density at radius 1 is 1.10 bits per heavy atom. The largest absolute Gasteiger partial charge is 0.300 e. The summed E-state index contributed by atoms with van der Waals surface area (Å²) in [6.45, 7) is 5.74. The Bertz CT molecular complexity index is 605. The van der Waals surface area contributed by atoms with E-state index in [0.29, 0.717) is 6.42 Å². The van der Waals surface area contributed by atoms with Crippen LogP contribution in [0.3, 0.4) is 0 Å². The zero-order valence-corrected chi connectivity index (χ0v) is 11.4. The smallest absolute Gasteiger partial charge is 0.113 e. The van der Waals surface area contributed by atoms with Gasteiger partial charge in [0.25, 0.3) is 0 Å². The van der Waals surface area contributed by atoms with Crippen molar-refractivity contribution in [3.05, 3.63) is 24.3 Å². The normalized spacial score (nSPS) is 17.4. The molecular formula is C14H18N6. The van der Waals surface area contributed by atoms with E-state index in [9.17, 15) is 0 Å². The maximum Gasteiger partial charge on any atom is 0.113 e. The molecule has 2 heterocycles. The first-order valence-corrected chi connectivity index (χ1v) is 6.97. The van der Waals surface area contributed by atoms with Gasteiger partial charge in [-0.3, -0.25) is 9.80 Å². The molecule has 1 saturated heterocycles. The molecule has 0 unspecified atom stereocenters. The van der Waals surface area contributed by atoms with Crippen molar-refractivity contribution in [3.63, 3.8) is 0 Å². The van der Waals surface area contributed by atoms with Crippen LogP contribution >= 0.6 is 0 Å². The molecule has 1 aromatic carbocycles. The zero-order chi connectivity index (χ0) is 13.8. The van der Waals surface area contributed by atoms with E-state index in [4.69, 9.17) is 5.26 Å². The van der Waals surface area contributed by atoms with Gasteiger partial charge in [0.15, 0.2) is 0 Å². The topological polar surface area (TPSA) is 61.0 Å². The molecule has 6 heteroatoms. The van der Waals surface area contributed by atoms with Crippen LogP contribution in [0, 0.1) is 11.3 Å². The summed E-state index contributed by atoms with van der Waals surface area (Å²) in [5.41, 5.74) is 2.03. The lowest BCUT2D eigenvalue weighted by atomic mass is 10.3. The maximum absolute atomic E-state index is 8.62. The van der Waals surface area contributed by atoms with Gasteiger partial charge in [0.05, 0.1) is 18.3 Å². The Balaban J connectivity index is 1.59. The predicted molar refractivity (Wildman–Crippen MR) is 75.8 cm³/mol. The number of aromatic nitrogens is 3. The molecule has 0 bridgehead atoms. The average molecular weight is 270 g/mol. The van der Waals surface area contributed by atoms with E-state index in [1.54, 1.807) is 0 Å². The van der Waals surface area contributed by atoms with Gasteiger partial charge in [0.1, 0.15) is 5.52 Å². The van der Waals surface area contributed by atoms with Crippen molar-refractivity contribution in [2.75, 3.05) is 32.7 Å². The van der Waals surface area contributed by atoms with Gasteiger partial charge in [-0.1, -0.05) is 17.3 Å². The molecule has 0 spiro atoms. The molecule has 6 nitrogen and oxygen atoms in total. The number of fused-ring (bicyclic) bond motifs is 1. The fourth-order valence-electron chi connectivity index (χ4n) is 2.57. The summed E-state index contributed by atoms with van der Waals surface area (Å²) in [6.07, 6.45) is 0.619. The third kappa shape index (κ3) is 2.79. The highest BCUT2D eigenvalue weighted by molar-refractivity contribution is 5.73. The molecule has 1 fully saturated rings. The quantitative estimate of drug-likeness (QED) is 0.826. The van der Waals surface area contributed by atoms with Crippen LogP contribution in [0.1, 0.15) is 6.42 Å². The molecular weight excluding hydrogens is 252 g/mol. The van der Waals surface area contributed by atoms with Crippen molar-refractivity contribution in [1.29, 1.82) is 5.26 Å². The van der Waals surface area contributed by atoms with Crippen molar-refractivity contribution in [2.24, 2.45) is 0 Å². The molecule has 0 amide bonds. The molecule has 0 atom stereocenters. The number of para-hydroxylation sites is 1. The van der Waals surface area contributed by atoms with Crippen molar-refractivity contribution in [1.82, 2.24) is 24.8 Å². The van der Waals surface area contributed by atoms with Crippen LogP contribution in [0.15, 0.2) is 24.3 Å². The highest BCUT2D eigenvalue weighted by atomic mass is 15.5. The third-order valence-electron chi connectivity index (χ3n) is 3.76. The van der Waals surface area contributed by atoms with Crippen LogP contribution in [-0.4, -0.2) is 57.5 Å². The van der Waals surface area contributed by atoms with Gasteiger partial charge in [-0.15, -0.1) is 5.10 Å². The zero-order valence-electron chi connectivity index (χ0n) is 11.4. The number of nitrogens with zero attached hydrogens (tertiary/aromatic N) is 6. The van der Waals surface area contributed by atoms with Crippen LogP contribution in [0.2, 0.25) is 0 Å². The molecule has 1 aromatic heterocycles. The second kappa shape index (κ2) is 5.99. The van der Waals surface area contributed by atoms with E-state index in [0.717, 1.165) is 50.4 Å². The minimum Gasteiger partial charge on any atom is -0.300 e. The van der Waals surface area contributed by atoms with E-state index in [1.165, 1.54) is 0 Å². The lowest BCUT2D eigenvalue weighted by molar-refractivity contribution is 0.105. The fraction of sp³-hybridized carbons (Fsp3) is 0.500. The summed E-state index contributed by atoms with van der Waals surface area (Å²) in [7, 11) is 0. The van der Waals surface area contributed by atoms with E-state index >= 15 is 0 Å². The molecule has 2 aromatic rings. The summed E-state index contributed by atoms with van der Waals surface area (Å²) in [6, 6.07) is 10.2. The van der Waals surface area contributed by atoms with E-state index in [-0.39, 0.29) is 0 Å². The predicted octanol–water partition coefficient (Wildman–Crippen LogP) is 0.920. The number of rotatable bonds is 4. The SMILES string of the molecule is N#CCCN1CCN(Cn2nnc3ccccc32)CC1. The van der Waals surface area contributed by atoms with Crippen LogP contribution in [-0.2, 0) is 6.67 Å². The van der Waals surface area contributed by atoms with Gasteiger partial charge in [-0.25, -0.2) is 4.68 Å². The van der Waals surface area contributed by atoms with Gasteiger partial charge in [-0.2, -0.15) is 5.26 Å². The Hall–Kier alpha value is -1.97. The van der Waals surface area contributed by atoms with Gasteiger partial charge >= 0.3 is 0 Å². The van der Waals surface area contributed by atoms with E-state index in [1.807, 2.05) is 22.9 Å². The van der Waals surface area contributed by atoms with Crippen molar-refractivity contribution in [3.8, 4) is 6.07 Å². The van der Waals surface area contributed by atoms with Crippen molar-refractivity contribution < 1.29 is 0 Å². The molecule has 1 aliphatic rings. The first-order chi connectivity index (χ1) is 9.86. The monoisotopic (exact) mass is 270 g/mol. The van der Waals surface area contributed by atoms with Crippen LogP contribution < -0.4 is 0 Å². The molecule has 104 valence electrons. The second-order valence-electron chi connectivity index (χ2n) is 5.09. The van der Waals surface area contributed by atoms with Crippen LogP contribution in [0.5, 0.6) is 0 Å². The summed E-state index contributed by atoms with van der Waals surface area (Å²) in [4.78, 5) is 4.73. The van der Waals surface area contributed by atoms with Gasteiger partial charge < -0.3 is 0 Å². The Kier molecular flexibility index (Phi) is 3.90. The lowest BCUT2D eigenvalue weighted by Crippen LogP contribution is -2.46. The van der Waals surface area contributed by atoms with Gasteiger partial charge in [-0.05, 0) is 12.1 Å². The molecule has 3 rings (SSSR count). The first-order valence-electron chi connectivity index (χ1n) is 6.97. The maximum atomic E-state index is 8.62. The minimum absolute atomic E-state index is 0.619. The summed E-state index contributed by atoms with van der Waals surface area (Å²) >= 11 is 0. The van der Waals surface area contributed by atoms with Crippen molar-refractivity contribution in [2.45, 2.75) is 13.1 Å². The minimum atomic E-state index is 0.619. The molecule has 0 saturated carbocycles. The van der Waals surface area contributed by atoms with E-state index in [2.05, 4.69) is 32.2 Å². The molecule has 0 radical (unpaired) electrons. The number of nitriles is 1. The molecule has 1 aliphatic heterocycles.